The Balaban J connectivity index is 2.28. The number of hydrogen-bond donors (Lipinski definition) is 0. The van der Waals surface area contributed by atoms with Gasteiger partial charge >= 0.3 is 0 Å². The molecule has 4 heteroatoms. The van der Waals surface area contributed by atoms with Gasteiger partial charge in [0.05, 0.1) is 5.38 Å². The maximum absolute atomic E-state index is 13.7. The third-order valence-corrected chi connectivity index (χ3v) is 4.25. The number of halogens is 4. The third kappa shape index (κ3) is 3.50. The van der Waals surface area contributed by atoms with Crippen molar-refractivity contribution in [3.63, 3.8) is 0 Å². The quantitative estimate of drug-likeness (QED) is 0.581. The molecule has 0 radical (unpaired) electrons. The molecule has 2 aromatic carbocycles. The van der Waals surface area contributed by atoms with Gasteiger partial charge in [-0.15, -0.1) is 11.6 Å². The van der Waals surface area contributed by atoms with Crippen molar-refractivity contribution in [3.8, 4) is 0 Å². The van der Waals surface area contributed by atoms with Crippen LogP contribution in [0.25, 0.3) is 0 Å². The van der Waals surface area contributed by atoms with E-state index in [2.05, 4.69) is 15.9 Å². The minimum Gasteiger partial charge on any atom is -0.207 e. The fraction of sp³-hybridized carbons (Fsp3) is 0.200. The molecular formula is C15H12BrCl2F. The molecule has 0 heterocycles. The molecule has 0 amide bonds. The molecule has 0 N–H and O–H groups in total. The van der Waals surface area contributed by atoms with E-state index in [-0.39, 0.29) is 11.2 Å². The second-order valence-corrected chi connectivity index (χ2v) is 6.22. The Hall–Kier alpha value is -0.570. The van der Waals surface area contributed by atoms with Crippen LogP contribution in [0.2, 0.25) is 5.02 Å². The average Bonchev–Trinajstić information content (AvgIpc) is 2.33. The van der Waals surface area contributed by atoms with Crippen LogP contribution in [0.4, 0.5) is 4.39 Å². The largest absolute Gasteiger partial charge is 0.207 e. The normalized spacial score (nSPS) is 12.5. The zero-order valence-corrected chi connectivity index (χ0v) is 13.4. The lowest BCUT2D eigenvalue weighted by molar-refractivity contribution is 0.607. The summed E-state index contributed by atoms with van der Waals surface area (Å²) < 4.78 is 14.7. The molecule has 0 saturated carbocycles. The first-order chi connectivity index (χ1) is 8.99. The maximum atomic E-state index is 13.7. The lowest BCUT2D eigenvalue weighted by atomic mass is 10.00. The van der Waals surface area contributed by atoms with Crippen molar-refractivity contribution in [2.24, 2.45) is 0 Å². The topological polar surface area (TPSA) is 0 Å². The smallest absolute Gasteiger partial charge is 0.127 e. The Morgan fingerprint density at radius 2 is 2.00 bits per heavy atom. The Morgan fingerprint density at radius 3 is 2.63 bits per heavy atom. The van der Waals surface area contributed by atoms with Gasteiger partial charge in [-0.25, -0.2) is 4.39 Å². The summed E-state index contributed by atoms with van der Waals surface area (Å²) in [4.78, 5) is 0. The van der Waals surface area contributed by atoms with Crippen molar-refractivity contribution in [1.82, 2.24) is 0 Å². The number of alkyl halides is 1. The Labute approximate surface area is 130 Å². The monoisotopic (exact) mass is 360 g/mol. The minimum atomic E-state index is -0.312. The van der Waals surface area contributed by atoms with Crippen molar-refractivity contribution in [3.05, 3.63) is 68.4 Å². The molecule has 0 saturated heterocycles. The summed E-state index contributed by atoms with van der Waals surface area (Å²) >= 11 is 15.8. The van der Waals surface area contributed by atoms with Crippen LogP contribution in [0.15, 0.2) is 40.9 Å². The third-order valence-electron chi connectivity index (χ3n) is 3.01. The summed E-state index contributed by atoms with van der Waals surface area (Å²) in [6.07, 6.45) is 0.371. The van der Waals surface area contributed by atoms with E-state index in [1.807, 2.05) is 25.1 Å². The summed E-state index contributed by atoms with van der Waals surface area (Å²) in [6, 6.07) is 10.5. The van der Waals surface area contributed by atoms with Crippen LogP contribution < -0.4 is 0 Å². The molecule has 2 aromatic rings. The molecule has 0 aliphatic heterocycles. The Morgan fingerprint density at radius 1 is 1.26 bits per heavy atom. The summed E-state index contributed by atoms with van der Waals surface area (Å²) in [7, 11) is 0. The van der Waals surface area contributed by atoms with Crippen LogP contribution >= 0.6 is 39.1 Å². The predicted molar refractivity (Wildman–Crippen MR) is 82.6 cm³/mol. The van der Waals surface area contributed by atoms with E-state index in [0.717, 1.165) is 15.6 Å². The Kier molecular flexibility index (Phi) is 4.88. The first kappa shape index (κ1) is 14.8. The fourth-order valence-electron chi connectivity index (χ4n) is 2.01. The van der Waals surface area contributed by atoms with Crippen LogP contribution in [-0.2, 0) is 6.42 Å². The highest BCUT2D eigenvalue weighted by molar-refractivity contribution is 9.10. The van der Waals surface area contributed by atoms with E-state index in [4.69, 9.17) is 23.2 Å². The van der Waals surface area contributed by atoms with Crippen LogP contribution in [0.1, 0.15) is 22.1 Å². The van der Waals surface area contributed by atoms with Gasteiger partial charge in [-0.05, 0) is 48.7 Å². The summed E-state index contributed by atoms with van der Waals surface area (Å²) in [5.41, 5.74) is 2.53. The van der Waals surface area contributed by atoms with Crippen LogP contribution in [0.5, 0.6) is 0 Å². The van der Waals surface area contributed by atoms with Gasteiger partial charge in [0.2, 0.25) is 0 Å². The van der Waals surface area contributed by atoms with E-state index in [1.54, 1.807) is 12.1 Å². The minimum absolute atomic E-state index is 0.303. The highest BCUT2D eigenvalue weighted by atomic mass is 79.9. The predicted octanol–water partition coefficient (Wildman–Crippen LogP) is 6.07. The number of hydrogen-bond acceptors (Lipinski definition) is 0. The second-order valence-electron chi connectivity index (χ2n) is 4.37. The molecule has 1 atom stereocenters. The highest BCUT2D eigenvalue weighted by Gasteiger charge is 2.16. The molecule has 0 bridgehead atoms. The molecule has 0 nitrogen and oxygen atoms in total. The maximum Gasteiger partial charge on any atom is 0.127 e. The van der Waals surface area contributed by atoms with Gasteiger partial charge in [-0.1, -0.05) is 39.7 Å². The molecule has 0 aliphatic carbocycles. The van der Waals surface area contributed by atoms with Gasteiger partial charge in [0.25, 0.3) is 0 Å². The zero-order valence-electron chi connectivity index (χ0n) is 10.3. The van der Waals surface area contributed by atoms with Crippen molar-refractivity contribution in [2.45, 2.75) is 18.7 Å². The van der Waals surface area contributed by atoms with Crippen molar-refractivity contribution < 1.29 is 4.39 Å². The second kappa shape index (κ2) is 6.25. The van der Waals surface area contributed by atoms with Gasteiger partial charge in [-0.2, -0.15) is 0 Å². The van der Waals surface area contributed by atoms with Crippen molar-refractivity contribution in [1.29, 1.82) is 0 Å². The SMILES string of the molecule is Cc1cc(Br)ccc1C(Cl)Cc1c(F)cccc1Cl. The first-order valence-electron chi connectivity index (χ1n) is 5.82. The lowest BCUT2D eigenvalue weighted by Gasteiger charge is -2.14. The molecule has 100 valence electrons. The van der Waals surface area contributed by atoms with Crippen LogP contribution in [-0.4, -0.2) is 0 Å². The highest BCUT2D eigenvalue weighted by Crippen LogP contribution is 2.32. The van der Waals surface area contributed by atoms with E-state index in [9.17, 15) is 4.39 Å². The summed E-state index contributed by atoms with van der Waals surface area (Å²) in [5, 5.41) is 0.114. The Bertz CT molecular complexity index is 578. The van der Waals surface area contributed by atoms with E-state index >= 15 is 0 Å². The zero-order chi connectivity index (χ0) is 14.0. The number of aryl methyl sites for hydroxylation is 1. The lowest BCUT2D eigenvalue weighted by Crippen LogP contribution is -2.01. The van der Waals surface area contributed by atoms with Gasteiger partial charge in [0.15, 0.2) is 0 Å². The van der Waals surface area contributed by atoms with Gasteiger partial charge < -0.3 is 0 Å². The summed E-state index contributed by atoms with van der Waals surface area (Å²) in [6.45, 7) is 1.98. The number of rotatable bonds is 3. The van der Waals surface area contributed by atoms with Gasteiger partial charge in [0.1, 0.15) is 5.82 Å². The molecule has 0 aliphatic rings. The van der Waals surface area contributed by atoms with E-state index in [0.29, 0.717) is 17.0 Å². The fourth-order valence-corrected chi connectivity index (χ4v) is 3.12. The standard InChI is InChI=1S/C15H12BrCl2F/c1-9-7-10(16)5-6-11(9)14(18)8-12-13(17)3-2-4-15(12)19/h2-7,14H,8H2,1H3. The van der Waals surface area contributed by atoms with Crippen LogP contribution in [0, 0.1) is 12.7 Å². The van der Waals surface area contributed by atoms with E-state index in [1.165, 1.54) is 6.07 Å². The average molecular weight is 362 g/mol. The molecule has 0 fully saturated rings. The molecule has 1 unspecified atom stereocenters. The van der Waals surface area contributed by atoms with Crippen molar-refractivity contribution >= 4 is 39.1 Å². The molecule has 19 heavy (non-hydrogen) atoms. The summed E-state index contributed by atoms with van der Waals surface area (Å²) in [5.74, 6) is -0.312. The van der Waals surface area contributed by atoms with Gasteiger partial charge in [0, 0.05) is 15.1 Å². The van der Waals surface area contributed by atoms with Crippen LogP contribution in [0.3, 0.4) is 0 Å². The number of benzene rings is 2. The first-order valence-corrected chi connectivity index (χ1v) is 7.43. The van der Waals surface area contributed by atoms with Crippen molar-refractivity contribution in [2.75, 3.05) is 0 Å². The molecular weight excluding hydrogens is 350 g/mol. The van der Waals surface area contributed by atoms with Gasteiger partial charge in [-0.3, -0.25) is 0 Å². The molecule has 0 aromatic heterocycles. The molecule has 0 spiro atoms. The molecule has 2 rings (SSSR count). The van der Waals surface area contributed by atoms with E-state index < -0.39 is 0 Å².